The highest BCUT2D eigenvalue weighted by Crippen LogP contribution is 2.08. The fourth-order valence-corrected chi connectivity index (χ4v) is 1.66. The molecule has 1 aromatic rings. The van der Waals surface area contributed by atoms with Crippen LogP contribution in [0.5, 0.6) is 0 Å². The molecule has 0 spiro atoms. The van der Waals surface area contributed by atoms with E-state index in [4.69, 9.17) is 5.26 Å². The van der Waals surface area contributed by atoms with Crippen LogP contribution in [-0.2, 0) is 0 Å². The quantitative estimate of drug-likeness (QED) is 0.780. The molecule has 0 aliphatic carbocycles. The van der Waals surface area contributed by atoms with Gasteiger partial charge in [-0.2, -0.15) is 5.26 Å². The Morgan fingerprint density at radius 2 is 2.00 bits per heavy atom. The average molecular weight is 230 g/mol. The van der Waals surface area contributed by atoms with Crippen molar-refractivity contribution in [3.8, 4) is 6.07 Å². The number of rotatable bonds is 5. The van der Waals surface area contributed by atoms with E-state index in [2.05, 4.69) is 19.9 Å². The second kappa shape index (κ2) is 6.70. The monoisotopic (exact) mass is 230 g/mol. The molecule has 0 radical (unpaired) electrons. The lowest BCUT2D eigenvalue weighted by molar-refractivity contribution is 0.0740. The van der Waals surface area contributed by atoms with Gasteiger partial charge < -0.3 is 4.90 Å². The van der Waals surface area contributed by atoms with Gasteiger partial charge in [0.05, 0.1) is 12.5 Å². The van der Waals surface area contributed by atoms with E-state index in [0.29, 0.717) is 31.0 Å². The molecule has 0 aliphatic rings. The number of hydrogen-bond acceptors (Lipinski definition) is 2. The van der Waals surface area contributed by atoms with Crippen molar-refractivity contribution >= 4 is 5.91 Å². The maximum absolute atomic E-state index is 12.2. The predicted molar refractivity (Wildman–Crippen MR) is 67.4 cm³/mol. The molecule has 0 atom stereocenters. The number of benzene rings is 1. The number of amides is 1. The molecule has 0 saturated carbocycles. The third-order valence-electron chi connectivity index (χ3n) is 2.39. The van der Waals surface area contributed by atoms with Crippen LogP contribution in [0.2, 0.25) is 0 Å². The first-order valence-corrected chi connectivity index (χ1v) is 5.86. The molecule has 1 rings (SSSR count). The fraction of sp³-hybridized carbons (Fsp3) is 0.429. The lowest BCUT2D eigenvalue weighted by Crippen LogP contribution is -2.34. The Kier molecular flexibility index (Phi) is 5.22. The normalized spacial score (nSPS) is 10.0. The van der Waals surface area contributed by atoms with Crippen molar-refractivity contribution in [2.75, 3.05) is 13.1 Å². The summed E-state index contributed by atoms with van der Waals surface area (Å²) in [6, 6.07) is 11.3. The Balaban J connectivity index is 2.76. The molecular formula is C14H18N2O. The lowest BCUT2D eigenvalue weighted by atomic mass is 10.1. The maximum Gasteiger partial charge on any atom is 0.253 e. The summed E-state index contributed by atoms with van der Waals surface area (Å²) < 4.78 is 0. The molecule has 0 fully saturated rings. The van der Waals surface area contributed by atoms with Crippen LogP contribution in [0.4, 0.5) is 0 Å². The van der Waals surface area contributed by atoms with Crippen molar-refractivity contribution in [2.45, 2.75) is 20.3 Å². The molecule has 1 aromatic carbocycles. The smallest absolute Gasteiger partial charge is 0.253 e. The first kappa shape index (κ1) is 13.2. The standard InChI is InChI=1S/C14H18N2O/c1-12(2)11-16(10-6-9-15)14(17)13-7-4-3-5-8-13/h3-5,7-8,12H,6,10-11H2,1-2H3. The number of nitrogens with zero attached hydrogens (tertiary/aromatic N) is 2. The van der Waals surface area contributed by atoms with Gasteiger partial charge in [0, 0.05) is 18.7 Å². The molecule has 0 aromatic heterocycles. The summed E-state index contributed by atoms with van der Waals surface area (Å²) >= 11 is 0. The van der Waals surface area contributed by atoms with Gasteiger partial charge >= 0.3 is 0 Å². The van der Waals surface area contributed by atoms with Crippen LogP contribution >= 0.6 is 0 Å². The SMILES string of the molecule is CC(C)CN(CCC#N)C(=O)c1ccccc1. The Morgan fingerprint density at radius 3 is 2.53 bits per heavy atom. The molecule has 3 nitrogen and oxygen atoms in total. The Bertz CT molecular complexity index is 392. The van der Waals surface area contributed by atoms with E-state index in [9.17, 15) is 4.79 Å². The Morgan fingerprint density at radius 1 is 1.35 bits per heavy atom. The van der Waals surface area contributed by atoms with Crippen LogP contribution in [0.1, 0.15) is 30.6 Å². The summed E-state index contributed by atoms with van der Waals surface area (Å²) in [5.74, 6) is 0.413. The van der Waals surface area contributed by atoms with Gasteiger partial charge in [-0.3, -0.25) is 4.79 Å². The lowest BCUT2D eigenvalue weighted by Gasteiger charge is -2.23. The van der Waals surface area contributed by atoms with Gasteiger partial charge in [0.1, 0.15) is 0 Å². The third kappa shape index (κ3) is 4.28. The minimum Gasteiger partial charge on any atom is -0.337 e. The van der Waals surface area contributed by atoms with Gasteiger partial charge in [-0.25, -0.2) is 0 Å². The summed E-state index contributed by atoms with van der Waals surface area (Å²) in [6.07, 6.45) is 0.380. The topological polar surface area (TPSA) is 44.1 Å². The average Bonchev–Trinajstić information content (AvgIpc) is 2.34. The Labute approximate surface area is 103 Å². The summed E-state index contributed by atoms with van der Waals surface area (Å²) in [5.41, 5.74) is 0.686. The van der Waals surface area contributed by atoms with Crippen molar-refractivity contribution in [1.29, 1.82) is 5.26 Å². The van der Waals surface area contributed by atoms with Crippen molar-refractivity contribution in [3.63, 3.8) is 0 Å². The molecular weight excluding hydrogens is 212 g/mol. The third-order valence-corrected chi connectivity index (χ3v) is 2.39. The van der Waals surface area contributed by atoms with Gasteiger partial charge in [-0.15, -0.1) is 0 Å². The Hall–Kier alpha value is -1.82. The van der Waals surface area contributed by atoms with Gasteiger partial charge in [-0.05, 0) is 18.1 Å². The molecule has 0 unspecified atom stereocenters. The second-order valence-electron chi connectivity index (χ2n) is 4.42. The number of nitriles is 1. The maximum atomic E-state index is 12.2. The molecule has 0 N–H and O–H groups in total. The molecule has 17 heavy (non-hydrogen) atoms. The van der Waals surface area contributed by atoms with Crippen LogP contribution in [-0.4, -0.2) is 23.9 Å². The molecule has 1 amide bonds. The summed E-state index contributed by atoms with van der Waals surface area (Å²) in [5, 5.41) is 8.61. The van der Waals surface area contributed by atoms with E-state index < -0.39 is 0 Å². The van der Waals surface area contributed by atoms with Crippen LogP contribution in [0.15, 0.2) is 30.3 Å². The molecule has 0 aliphatic heterocycles. The largest absolute Gasteiger partial charge is 0.337 e. The van der Waals surface area contributed by atoms with Gasteiger partial charge in [0.25, 0.3) is 5.91 Å². The minimum atomic E-state index is 0.00884. The number of carbonyl (C=O) groups is 1. The fourth-order valence-electron chi connectivity index (χ4n) is 1.66. The van der Waals surface area contributed by atoms with E-state index in [-0.39, 0.29) is 5.91 Å². The van der Waals surface area contributed by atoms with Crippen LogP contribution < -0.4 is 0 Å². The van der Waals surface area contributed by atoms with Gasteiger partial charge in [0.15, 0.2) is 0 Å². The highest BCUT2D eigenvalue weighted by atomic mass is 16.2. The number of carbonyl (C=O) groups excluding carboxylic acids is 1. The van der Waals surface area contributed by atoms with E-state index in [1.165, 1.54) is 0 Å². The minimum absolute atomic E-state index is 0.00884. The first-order chi connectivity index (χ1) is 8.15. The molecule has 0 saturated heterocycles. The van der Waals surface area contributed by atoms with E-state index in [1.807, 2.05) is 30.3 Å². The molecule has 0 bridgehead atoms. The van der Waals surface area contributed by atoms with E-state index in [1.54, 1.807) is 4.90 Å². The van der Waals surface area contributed by atoms with Crippen molar-refractivity contribution in [1.82, 2.24) is 4.90 Å². The zero-order chi connectivity index (χ0) is 12.7. The zero-order valence-corrected chi connectivity index (χ0v) is 10.4. The summed E-state index contributed by atoms with van der Waals surface area (Å²) in [4.78, 5) is 14.0. The van der Waals surface area contributed by atoms with Crippen LogP contribution in [0.3, 0.4) is 0 Å². The molecule has 90 valence electrons. The molecule has 0 heterocycles. The van der Waals surface area contributed by atoms with E-state index >= 15 is 0 Å². The first-order valence-electron chi connectivity index (χ1n) is 5.86. The zero-order valence-electron chi connectivity index (χ0n) is 10.4. The highest BCUT2D eigenvalue weighted by Gasteiger charge is 2.15. The second-order valence-corrected chi connectivity index (χ2v) is 4.42. The van der Waals surface area contributed by atoms with Crippen molar-refractivity contribution < 1.29 is 4.79 Å². The van der Waals surface area contributed by atoms with Crippen molar-refractivity contribution in [2.24, 2.45) is 5.92 Å². The summed E-state index contributed by atoms with van der Waals surface area (Å²) in [6.45, 7) is 5.33. The predicted octanol–water partition coefficient (Wildman–Crippen LogP) is 2.70. The van der Waals surface area contributed by atoms with Crippen LogP contribution in [0.25, 0.3) is 0 Å². The molecule has 3 heteroatoms. The van der Waals surface area contributed by atoms with E-state index in [0.717, 1.165) is 0 Å². The number of hydrogen-bond donors (Lipinski definition) is 0. The van der Waals surface area contributed by atoms with Crippen LogP contribution in [0, 0.1) is 17.2 Å². The van der Waals surface area contributed by atoms with Gasteiger partial charge in [-0.1, -0.05) is 32.0 Å². The summed E-state index contributed by atoms with van der Waals surface area (Å²) in [7, 11) is 0. The van der Waals surface area contributed by atoms with Crippen molar-refractivity contribution in [3.05, 3.63) is 35.9 Å². The van der Waals surface area contributed by atoms with Gasteiger partial charge in [0.2, 0.25) is 0 Å². The highest BCUT2D eigenvalue weighted by molar-refractivity contribution is 5.94.